The van der Waals surface area contributed by atoms with Gasteiger partial charge < -0.3 is 4.42 Å². The summed E-state index contributed by atoms with van der Waals surface area (Å²) in [6.45, 7) is 1.86. The van der Waals surface area contributed by atoms with Gasteiger partial charge in [0.2, 0.25) is 0 Å². The van der Waals surface area contributed by atoms with Crippen LogP contribution in [0.3, 0.4) is 0 Å². The first-order valence-electron chi connectivity index (χ1n) is 4.57. The van der Waals surface area contributed by atoms with Crippen molar-refractivity contribution in [1.82, 2.24) is 20.2 Å². The van der Waals surface area contributed by atoms with Gasteiger partial charge in [-0.05, 0) is 41.6 Å². The molecule has 0 radical (unpaired) electrons. The number of furan rings is 1. The summed E-state index contributed by atoms with van der Waals surface area (Å²) in [4.78, 5) is 0. The maximum absolute atomic E-state index is 5.26. The minimum Gasteiger partial charge on any atom is -0.464 e. The molecule has 74 valence electrons. The van der Waals surface area contributed by atoms with Crippen molar-refractivity contribution in [3.8, 4) is 5.69 Å². The second-order valence-corrected chi connectivity index (χ2v) is 3.28. The lowest BCUT2D eigenvalue weighted by Crippen LogP contribution is -1.98. The minimum atomic E-state index is 0.762. The van der Waals surface area contributed by atoms with Crippen molar-refractivity contribution in [2.45, 2.75) is 6.92 Å². The average molecular weight is 200 g/mol. The summed E-state index contributed by atoms with van der Waals surface area (Å²) in [7, 11) is 0. The summed E-state index contributed by atoms with van der Waals surface area (Å²) in [5, 5.41) is 12.4. The SMILES string of the molecule is Cc1nnnn1-c1ccc2occc2c1. The van der Waals surface area contributed by atoms with Crippen LogP contribution in [-0.2, 0) is 0 Å². The third-order valence-corrected chi connectivity index (χ3v) is 2.31. The van der Waals surface area contributed by atoms with E-state index in [0.29, 0.717) is 0 Å². The Labute approximate surface area is 85.3 Å². The Kier molecular flexibility index (Phi) is 1.58. The van der Waals surface area contributed by atoms with E-state index in [0.717, 1.165) is 22.5 Å². The van der Waals surface area contributed by atoms with Crippen LogP contribution in [-0.4, -0.2) is 20.2 Å². The molecule has 0 fully saturated rings. The fourth-order valence-electron chi connectivity index (χ4n) is 1.56. The van der Waals surface area contributed by atoms with Crippen LogP contribution in [0.1, 0.15) is 5.82 Å². The first kappa shape index (κ1) is 8.16. The third kappa shape index (κ3) is 1.20. The van der Waals surface area contributed by atoms with Crippen molar-refractivity contribution in [1.29, 1.82) is 0 Å². The molecule has 0 atom stereocenters. The molecule has 0 saturated heterocycles. The van der Waals surface area contributed by atoms with Crippen molar-refractivity contribution in [2.75, 3.05) is 0 Å². The maximum Gasteiger partial charge on any atom is 0.153 e. The molecule has 0 aliphatic carbocycles. The molecule has 2 heterocycles. The van der Waals surface area contributed by atoms with Gasteiger partial charge in [-0.3, -0.25) is 0 Å². The molecule has 0 amide bonds. The van der Waals surface area contributed by atoms with E-state index in [9.17, 15) is 0 Å². The zero-order valence-corrected chi connectivity index (χ0v) is 8.08. The van der Waals surface area contributed by atoms with Crippen LogP contribution in [0.15, 0.2) is 34.9 Å². The van der Waals surface area contributed by atoms with Crippen LogP contribution >= 0.6 is 0 Å². The second-order valence-electron chi connectivity index (χ2n) is 3.28. The van der Waals surface area contributed by atoms with E-state index >= 15 is 0 Å². The first-order chi connectivity index (χ1) is 7.34. The summed E-state index contributed by atoms with van der Waals surface area (Å²) in [6.07, 6.45) is 1.67. The molecular weight excluding hydrogens is 192 g/mol. The molecule has 0 aliphatic heterocycles. The zero-order chi connectivity index (χ0) is 10.3. The molecule has 0 saturated carbocycles. The molecule has 0 aliphatic rings. The molecular formula is C10H8N4O. The van der Waals surface area contributed by atoms with Gasteiger partial charge in [0, 0.05) is 5.39 Å². The van der Waals surface area contributed by atoms with Gasteiger partial charge in [-0.25, -0.2) is 0 Å². The largest absolute Gasteiger partial charge is 0.464 e. The van der Waals surface area contributed by atoms with Crippen molar-refractivity contribution in [2.24, 2.45) is 0 Å². The fraction of sp³-hybridized carbons (Fsp3) is 0.100. The van der Waals surface area contributed by atoms with E-state index in [1.165, 1.54) is 0 Å². The topological polar surface area (TPSA) is 56.7 Å². The molecule has 3 rings (SSSR count). The lowest BCUT2D eigenvalue weighted by Gasteiger charge is -2.00. The molecule has 15 heavy (non-hydrogen) atoms. The summed E-state index contributed by atoms with van der Waals surface area (Å²) in [5.74, 6) is 0.762. The second kappa shape index (κ2) is 2.91. The van der Waals surface area contributed by atoms with Crippen LogP contribution in [0.4, 0.5) is 0 Å². The van der Waals surface area contributed by atoms with Crippen molar-refractivity contribution in [3.63, 3.8) is 0 Å². The number of hydrogen-bond donors (Lipinski definition) is 0. The number of benzene rings is 1. The number of hydrogen-bond acceptors (Lipinski definition) is 4. The number of aromatic nitrogens is 4. The van der Waals surface area contributed by atoms with E-state index in [2.05, 4.69) is 15.5 Å². The van der Waals surface area contributed by atoms with Crippen LogP contribution < -0.4 is 0 Å². The Morgan fingerprint density at radius 2 is 2.20 bits per heavy atom. The quantitative estimate of drug-likeness (QED) is 0.600. The van der Waals surface area contributed by atoms with Crippen LogP contribution in [0.25, 0.3) is 16.7 Å². The minimum absolute atomic E-state index is 0.762. The van der Waals surface area contributed by atoms with Gasteiger partial charge in [0.25, 0.3) is 0 Å². The van der Waals surface area contributed by atoms with E-state index in [1.54, 1.807) is 10.9 Å². The molecule has 5 heteroatoms. The van der Waals surface area contributed by atoms with E-state index in [-0.39, 0.29) is 0 Å². The Morgan fingerprint density at radius 3 is 3.00 bits per heavy atom. The predicted molar refractivity (Wildman–Crippen MR) is 53.7 cm³/mol. The number of aryl methyl sites for hydroxylation is 1. The lowest BCUT2D eigenvalue weighted by atomic mass is 10.2. The van der Waals surface area contributed by atoms with Gasteiger partial charge in [-0.2, -0.15) is 4.68 Å². The molecule has 3 aromatic rings. The standard InChI is InChI=1S/C10H8N4O/c1-7-11-12-13-14(7)9-2-3-10-8(6-9)4-5-15-10/h2-6H,1H3. The number of tetrazole rings is 1. The Morgan fingerprint density at radius 1 is 1.27 bits per heavy atom. The highest BCUT2D eigenvalue weighted by molar-refractivity contribution is 5.79. The molecule has 5 nitrogen and oxygen atoms in total. The zero-order valence-electron chi connectivity index (χ0n) is 8.08. The first-order valence-corrected chi connectivity index (χ1v) is 4.57. The molecule has 0 unspecified atom stereocenters. The molecule has 1 aromatic carbocycles. The highest BCUT2D eigenvalue weighted by Crippen LogP contribution is 2.19. The fourth-order valence-corrected chi connectivity index (χ4v) is 1.56. The lowest BCUT2D eigenvalue weighted by molar-refractivity contribution is 0.615. The maximum atomic E-state index is 5.26. The van der Waals surface area contributed by atoms with Gasteiger partial charge in [0.1, 0.15) is 5.58 Å². The monoisotopic (exact) mass is 200 g/mol. The number of fused-ring (bicyclic) bond motifs is 1. The van der Waals surface area contributed by atoms with Crippen LogP contribution in [0, 0.1) is 6.92 Å². The highest BCUT2D eigenvalue weighted by Gasteiger charge is 2.04. The molecule has 0 N–H and O–H groups in total. The summed E-state index contributed by atoms with van der Waals surface area (Å²) in [5.41, 5.74) is 1.80. The van der Waals surface area contributed by atoms with Gasteiger partial charge in [-0.15, -0.1) is 5.10 Å². The summed E-state index contributed by atoms with van der Waals surface area (Å²) < 4.78 is 6.95. The van der Waals surface area contributed by atoms with Crippen molar-refractivity contribution < 1.29 is 4.42 Å². The summed E-state index contributed by atoms with van der Waals surface area (Å²) in [6, 6.07) is 7.74. The molecule has 2 aromatic heterocycles. The van der Waals surface area contributed by atoms with E-state index < -0.39 is 0 Å². The Bertz CT molecular complexity index is 610. The smallest absolute Gasteiger partial charge is 0.153 e. The third-order valence-electron chi connectivity index (χ3n) is 2.31. The van der Waals surface area contributed by atoms with Gasteiger partial charge >= 0.3 is 0 Å². The van der Waals surface area contributed by atoms with Crippen LogP contribution in [0.5, 0.6) is 0 Å². The molecule has 0 spiro atoms. The van der Waals surface area contributed by atoms with Crippen LogP contribution in [0.2, 0.25) is 0 Å². The Hall–Kier alpha value is -2.17. The van der Waals surface area contributed by atoms with Crippen molar-refractivity contribution >= 4 is 11.0 Å². The predicted octanol–water partition coefficient (Wildman–Crippen LogP) is 1.72. The Balaban J connectivity index is 2.23. The van der Waals surface area contributed by atoms with Crippen molar-refractivity contribution in [3.05, 3.63) is 36.4 Å². The summed E-state index contributed by atoms with van der Waals surface area (Å²) >= 11 is 0. The number of rotatable bonds is 1. The van der Waals surface area contributed by atoms with E-state index in [1.807, 2.05) is 31.2 Å². The number of nitrogens with zero attached hydrogens (tertiary/aromatic N) is 4. The van der Waals surface area contributed by atoms with Gasteiger partial charge in [0.15, 0.2) is 5.82 Å². The molecule has 0 bridgehead atoms. The van der Waals surface area contributed by atoms with Gasteiger partial charge in [-0.1, -0.05) is 0 Å². The highest BCUT2D eigenvalue weighted by atomic mass is 16.3. The van der Waals surface area contributed by atoms with Gasteiger partial charge in [0.05, 0.1) is 12.0 Å². The average Bonchev–Trinajstić information content (AvgIpc) is 2.84. The normalized spacial score (nSPS) is 11.0. The van der Waals surface area contributed by atoms with E-state index in [4.69, 9.17) is 4.42 Å².